The molecule has 0 aliphatic heterocycles. The van der Waals surface area contributed by atoms with E-state index in [4.69, 9.17) is 11.6 Å². The number of nitrogens with zero attached hydrogens (tertiary/aromatic N) is 3. The fourth-order valence-corrected chi connectivity index (χ4v) is 3.31. The molecule has 1 aromatic heterocycles. The second-order valence-electron chi connectivity index (χ2n) is 4.30. The van der Waals surface area contributed by atoms with Crippen LogP contribution in [0.2, 0.25) is 5.02 Å². The molecule has 24 heavy (non-hydrogen) atoms. The van der Waals surface area contributed by atoms with E-state index in [9.17, 15) is 14.9 Å². The van der Waals surface area contributed by atoms with Crippen molar-refractivity contribution in [1.82, 2.24) is 10.2 Å². The lowest BCUT2D eigenvalue weighted by Gasteiger charge is -2.05. The minimum atomic E-state index is -0.582. The first-order valence-electron chi connectivity index (χ1n) is 6.54. The van der Waals surface area contributed by atoms with Crippen LogP contribution in [0.3, 0.4) is 0 Å². The third kappa shape index (κ3) is 5.18. The summed E-state index contributed by atoms with van der Waals surface area (Å²) >= 11 is 8.30. The molecule has 8 nitrogen and oxygen atoms in total. The molecule has 0 aliphatic rings. The van der Waals surface area contributed by atoms with Crippen molar-refractivity contribution in [2.45, 2.75) is 4.34 Å². The summed E-state index contributed by atoms with van der Waals surface area (Å²) in [7, 11) is 0. The van der Waals surface area contributed by atoms with E-state index in [0.717, 1.165) is 0 Å². The number of halogens is 1. The van der Waals surface area contributed by atoms with Crippen molar-refractivity contribution in [3.05, 3.63) is 46.0 Å². The van der Waals surface area contributed by atoms with Gasteiger partial charge in [0.25, 0.3) is 5.69 Å². The Labute approximate surface area is 150 Å². The number of nitro groups is 1. The first-order chi connectivity index (χ1) is 11.5. The number of benzene rings is 1. The van der Waals surface area contributed by atoms with Crippen LogP contribution in [0, 0.1) is 10.1 Å². The van der Waals surface area contributed by atoms with E-state index >= 15 is 0 Å². The molecule has 1 heterocycles. The summed E-state index contributed by atoms with van der Waals surface area (Å²) in [4.78, 5) is 22.4. The molecule has 0 fully saturated rings. The van der Waals surface area contributed by atoms with E-state index in [2.05, 4.69) is 27.4 Å². The van der Waals surface area contributed by atoms with Crippen LogP contribution in [0.4, 0.5) is 16.5 Å². The zero-order chi connectivity index (χ0) is 17.5. The quantitative estimate of drug-likeness (QED) is 0.310. The van der Waals surface area contributed by atoms with E-state index in [1.807, 2.05) is 0 Å². The number of hydrogen-bond acceptors (Lipinski definition) is 8. The number of hydrogen-bond donors (Lipinski definition) is 2. The zero-order valence-corrected chi connectivity index (χ0v) is 14.6. The number of carbonyl (C=O) groups excluding carboxylic acids is 1. The molecule has 2 N–H and O–H groups in total. The van der Waals surface area contributed by atoms with E-state index in [1.54, 1.807) is 6.08 Å². The predicted octanol–water partition coefficient (Wildman–Crippen LogP) is 3.43. The molecule has 0 bridgehead atoms. The zero-order valence-electron chi connectivity index (χ0n) is 12.2. The fourth-order valence-electron chi connectivity index (χ4n) is 1.58. The lowest BCUT2D eigenvalue weighted by Crippen LogP contribution is -2.15. The van der Waals surface area contributed by atoms with Crippen molar-refractivity contribution in [3.63, 3.8) is 0 Å². The molecule has 0 aliphatic carbocycles. The Hall–Kier alpha value is -2.17. The molecule has 11 heteroatoms. The highest BCUT2D eigenvalue weighted by Gasteiger charge is 2.16. The Morgan fingerprint density at radius 2 is 2.29 bits per heavy atom. The van der Waals surface area contributed by atoms with Crippen LogP contribution in [0.5, 0.6) is 0 Å². The monoisotopic (exact) mass is 385 g/mol. The van der Waals surface area contributed by atoms with Gasteiger partial charge in [-0.25, -0.2) is 0 Å². The average molecular weight is 386 g/mol. The molecule has 0 unspecified atom stereocenters. The van der Waals surface area contributed by atoms with Gasteiger partial charge in [0.2, 0.25) is 11.0 Å². The van der Waals surface area contributed by atoms with E-state index < -0.39 is 10.8 Å². The summed E-state index contributed by atoms with van der Waals surface area (Å²) in [6.07, 6.45) is 1.69. The summed E-state index contributed by atoms with van der Waals surface area (Å²) in [6.45, 7) is 4.15. The molecule has 0 saturated carbocycles. The summed E-state index contributed by atoms with van der Waals surface area (Å²) in [5, 5.41) is 25.2. The number of aromatic nitrogens is 2. The second kappa shape index (κ2) is 8.62. The number of amides is 1. The number of thioether (sulfide) groups is 1. The van der Waals surface area contributed by atoms with Crippen LogP contribution in [-0.4, -0.2) is 33.3 Å². The molecule has 0 radical (unpaired) electrons. The van der Waals surface area contributed by atoms with Crippen LogP contribution < -0.4 is 10.6 Å². The maximum Gasteiger partial charge on any atom is 0.292 e. The number of carbonyl (C=O) groups is 1. The minimum Gasteiger partial charge on any atom is -0.357 e. The highest BCUT2D eigenvalue weighted by atomic mass is 35.5. The molecule has 0 spiro atoms. The van der Waals surface area contributed by atoms with Crippen LogP contribution in [0.25, 0.3) is 0 Å². The molecular formula is C13H12ClN5O3S2. The third-order valence-corrected chi connectivity index (χ3v) is 4.81. The van der Waals surface area contributed by atoms with Crippen LogP contribution in [0.15, 0.2) is 35.2 Å². The predicted molar refractivity (Wildman–Crippen MR) is 96.1 cm³/mol. The van der Waals surface area contributed by atoms with Crippen molar-refractivity contribution in [2.75, 3.05) is 22.9 Å². The first kappa shape index (κ1) is 18.2. The molecule has 1 aromatic carbocycles. The largest absolute Gasteiger partial charge is 0.357 e. The fraction of sp³-hybridized carbons (Fsp3) is 0.154. The van der Waals surface area contributed by atoms with Crippen molar-refractivity contribution in [3.8, 4) is 0 Å². The smallest absolute Gasteiger partial charge is 0.292 e. The number of rotatable bonds is 8. The Morgan fingerprint density at radius 3 is 3.00 bits per heavy atom. The normalized spacial score (nSPS) is 10.2. The van der Waals surface area contributed by atoms with Gasteiger partial charge in [-0.05, 0) is 12.1 Å². The molecule has 126 valence electrons. The Balaban J connectivity index is 1.94. The Bertz CT molecular complexity index is 768. The van der Waals surface area contributed by atoms with Gasteiger partial charge in [-0.2, -0.15) is 0 Å². The molecule has 0 saturated heterocycles. The maximum atomic E-state index is 12.0. The lowest BCUT2D eigenvalue weighted by atomic mass is 10.2. The number of nitro benzene ring substituents is 1. The number of nitrogens with one attached hydrogen (secondary N) is 2. The summed E-state index contributed by atoms with van der Waals surface area (Å²) in [6, 6.07) is 3.97. The average Bonchev–Trinajstić information content (AvgIpc) is 2.98. The number of anilines is 2. The standard InChI is InChI=1S/C13H12ClN5O3S2/c1-2-5-15-12-17-18-13(24-12)23-7-11(20)16-9-6-8(14)3-4-10(9)19(21)22/h2-4,6H,1,5,7H2,(H,15,17)(H,16,20). The van der Waals surface area contributed by atoms with E-state index in [1.165, 1.54) is 41.3 Å². The van der Waals surface area contributed by atoms with Gasteiger partial charge in [0, 0.05) is 17.6 Å². The van der Waals surface area contributed by atoms with Crippen LogP contribution in [0.1, 0.15) is 0 Å². The SMILES string of the molecule is C=CCNc1nnc(SCC(=O)Nc2cc(Cl)ccc2[N+](=O)[O-])s1. The summed E-state index contributed by atoms with van der Waals surface area (Å²) in [5.74, 6) is -0.360. The lowest BCUT2D eigenvalue weighted by molar-refractivity contribution is -0.383. The van der Waals surface area contributed by atoms with Crippen molar-refractivity contribution >= 4 is 57.1 Å². The van der Waals surface area contributed by atoms with Gasteiger partial charge in [-0.15, -0.1) is 16.8 Å². The van der Waals surface area contributed by atoms with Gasteiger partial charge in [-0.1, -0.05) is 40.8 Å². The topological polar surface area (TPSA) is 110 Å². The van der Waals surface area contributed by atoms with Gasteiger partial charge in [-0.3, -0.25) is 14.9 Å². The summed E-state index contributed by atoms with van der Waals surface area (Å²) in [5.41, 5.74) is -0.159. The van der Waals surface area contributed by atoms with Crippen molar-refractivity contribution in [2.24, 2.45) is 0 Å². The Morgan fingerprint density at radius 1 is 1.50 bits per heavy atom. The van der Waals surface area contributed by atoms with Gasteiger partial charge in [0.1, 0.15) is 5.69 Å². The van der Waals surface area contributed by atoms with Crippen molar-refractivity contribution < 1.29 is 9.72 Å². The van der Waals surface area contributed by atoms with Crippen LogP contribution in [-0.2, 0) is 4.79 Å². The van der Waals surface area contributed by atoms with E-state index in [0.29, 0.717) is 21.0 Å². The molecule has 0 atom stereocenters. The van der Waals surface area contributed by atoms with E-state index in [-0.39, 0.29) is 17.1 Å². The van der Waals surface area contributed by atoms with Gasteiger partial charge in [0.05, 0.1) is 10.7 Å². The van der Waals surface area contributed by atoms with Crippen LogP contribution >= 0.6 is 34.7 Å². The van der Waals surface area contributed by atoms with Gasteiger partial charge < -0.3 is 10.6 Å². The van der Waals surface area contributed by atoms with Gasteiger partial charge >= 0.3 is 0 Å². The third-order valence-electron chi connectivity index (χ3n) is 2.56. The van der Waals surface area contributed by atoms with Crippen molar-refractivity contribution in [1.29, 1.82) is 0 Å². The Kier molecular flexibility index (Phi) is 6.53. The first-order valence-corrected chi connectivity index (χ1v) is 8.72. The highest BCUT2D eigenvalue weighted by Crippen LogP contribution is 2.29. The second-order valence-corrected chi connectivity index (χ2v) is 6.93. The molecule has 2 rings (SSSR count). The summed E-state index contributed by atoms with van der Waals surface area (Å²) < 4.78 is 0.609. The van der Waals surface area contributed by atoms with Gasteiger partial charge in [0.15, 0.2) is 4.34 Å². The minimum absolute atomic E-state index is 0.0414. The highest BCUT2D eigenvalue weighted by molar-refractivity contribution is 8.01. The molecule has 1 amide bonds. The maximum absolute atomic E-state index is 12.0. The molecular weight excluding hydrogens is 374 g/mol. The molecule has 2 aromatic rings.